The summed E-state index contributed by atoms with van der Waals surface area (Å²) in [6.07, 6.45) is 0.880. The van der Waals surface area contributed by atoms with E-state index in [1.165, 1.54) is 0 Å². The Bertz CT molecular complexity index is 52.5. The molecule has 0 aromatic heterocycles. The SMILES string of the molecule is [CH2]C(C)C(N)CCN. The molecule has 2 nitrogen and oxygen atoms in total. The molecule has 0 aromatic rings. The van der Waals surface area contributed by atoms with E-state index in [0.717, 1.165) is 6.42 Å². The van der Waals surface area contributed by atoms with E-state index in [1.807, 2.05) is 6.92 Å². The van der Waals surface area contributed by atoms with E-state index in [1.54, 1.807) is 0 Å². The van der Waals surface area contributed by atoms with Crippen molar-refractivity contribution in [3.8, 4) is 0 Å². The number of hydrogen-bond acceptors (Lipinski definition) is 2. The largest absolute Gasteiger partial charge is 0.330 e. The highest BCUT2D eigenvalue weighted by molar-refractivity contribution is 4.70. The molecule has 0 fully saturated rings. The van der Waals surface area contributed by atoms with Crippen molar-refractivity contribution in [2.75, 3.05) is 6.54 Å². The van der Waals surface area contributed by atoms with Gasteiger partial charge in [0.25, 0.3) is 0 Å². The third-order valence-corrected chi connectivity index (χ3v) is 1.23. The van der Waals surface area contributed by atoms with Crippen LogP contribution in [0.15, 0.2) is 0 Å². The highest BCUT2D eigenvalue weighted by Crippen LogP contribution is 1.99. The van der Waals surface area contributed by atoms with Gasteiger partial charge < -0.3 is 11.5 Å². The van der Waals surface area contributed by atoms with Crippen LogP contribution in [-0.2, 0) is 0 Å². The summed E-state index contributed by atoms with van der Waals surface area (Å²) in [5.74, 6) is 0.318. The Morgan fingerprint density at radius 1 is 1.62 bits per heavy atom. The Morgan fingerprint density at radius 2 is 2.12 bits per heavy atom. The van der Waals surface area contributed by atoms with Gasteiger partial charge in [-0.25, -0.2) is 0 Å². The maximum atomic E-state index is 5.58. The average molecular weight is 115 g/mol. The average Bonchev–Trinajstić information content (AvgIpc) is 1.67. The van der Waals surface area contributed by atoms with Crippen molar-refractivity contribution in [3.63, 3.8) is 0 Å². The summed E-state index contributed by atoms with van der Waals surface area (Å²) >= 11 is 0. The molecule has 4 N–H and O–H groups in total. The first-order valence-corrected chi connectivity index (χ1v) is 2.97. The van der Waals surface area contributed by atoms with Crippen LogP contribution in [-0.4, -0.2) is 12.6 Å². The fourth-order valence-corrected chi connectivity index (χ4v) is 0.477. The summed E-state index contributed by atoms with van der Waals surface area (Å²) in [7, 11) is 0. The molecule has 0 aromatic carbocycles. The number of rotatable bonds is 3. The van der Waals surface area contributed by atoms with Crippen LogP contribution in [0, 0.1) is 12.8 Å². The molecule has 0 saturated carbocycles. The van der Waals surface area contributed by atoms with Gasteiger partial charge in [-0.05, 0) is 25.8 Å². The molecular formula is C6H15N2. The van der Waals surface area contributed by atoms with Gasteiger partial charge in [0.1, 0.15) is 0 Å². The molecule has 0 amide bonds. The summed E-state index contributed by atoms with van der Waals surface area (Å²) in [5, 5.41) is 0. The summed E-state index contributed by atoms with van der Waals surface area (Å²) in [4.78, 5) is 0. The van der Waals surface area contributed by atoms with Crippen LogP contribution in [0.3, 0.4) is 0 Å². The second-order valence-electron chi connectivity index (χ2n) is 2.22. The molecule has 2 atom stereocenters. The van der Waals surface area contributed by atoms with Gasteiger partial charge in [0, 0.05) is 6.04 Å². The zero-order chi connectivity index (χ0) is 6.57. The van der Waals surface area contributed by atoms with Gasteiger partial charge in [0.15, 0.2) is 0 Å². The zero-order valence-corrected chi connectivity index (χ0v) is 5.43. The first kappa shape index (κ1) is 7.92. The molecule has 0 saturated heterocycles. The summed E-state index contributed by atoms with van der Waals surface area (Å²) in [6.45, 7) is 6.44. The molecule has 0 bridgehead atoms. The zero-order valence-electron chi connectivity index (χ0n) is 5.43. The molecule has 1 radical (unpaired) electrons. The van der Waals surface area contributed by atoms with Crippen molar-refractivity contribution in [1.29, 1.82) is 0 Å². The van der Waals surface area contributed by atoms with Crippen molar-refractivity contribution < 1.29 is 0 Å². The second-order valence-corrected chi connectivity index (χ2v) is 2.22. The van der Waals surface area contributed by atoms with Crippen LogP contribution in [0.25, 0.3) is 0 Å². The number of hydrogen-bond donors (Lipinski definition) is 2. The van der Waals surface area contributed by atoms with Gasteiger partial charge >= 0.3 is 0 Å². The van der Waals surface area contributed by atoms with Crippen LogP contribution >= 0.6 is 0 Å². The third-order valence-electron chi connectivity index (χ3n) is 1.23. The van der Waals surface area contributed by atoms with E-state index in [2.05, 4.69) is 6.92 Å². The van der Waals surface area contributed by atoms with Crippen molar-refractivity contribution in [2.24, 2.45) is 17.4 Å². The minimum absolute atomic E-state index is 0.181. The lowest BCUT2D eigenvalue weighted by Crippen LogP contribution is -2.29. The van der Waals surface area contributed by atoms with Gasteiger partial charge in [-0.15, -0.1) is 0 Å². The van der Waals surface area contributed by atoms with E-state index in [0.29, 0.717) is 12.5 Å². The standard InChI is InChI=1S/C6H15N2/c1-5(2)6(8)3-4-7/h5-6H,1,3-4,7-8H2,2H3. The van der Waals surface area contributed by atoms with Gasteiger partial charge in [0.05, 0.1) is 0 Å². The summed E-state index contributed by atoms with van der Waals surface area (Å²) in [6, 6.07) is 0.181. The Labute approximate surface area is 51.2 Å². The van der Waals surface area contributed by atoms with Crippen LogP contribution in [0.5, 0.6) is 0 Å². The fourth-order valence-electron chi connectivity index (χ4n) is 0.477. The van der Waals surface area contributed by atoms with Gasteiger partial charge in [-0.2, -0.15) is 0 Å². The van der Waals surface area contributed by atoms with Crippen LogP contribution in [0.1, 0.15) is 13.3 Å². The Morgan fingerprint density at radius 3 is 2.25 bits per heavy atom. The molecule has 0 aliphatic rings. The van der Waals surface area contributed by atoms with Gasteiger partial charge in [0.2, 0.25) is 0 Å². The molecule has 0 spiro atoms. The van der Waals surface area contributed by atoms with Gasteiger partial charge in [-0.3, -0.25) is 0 Å². The predicted octanol–water partition coefficient (Wildman–Crippen LogP) is 0.133. The molecular weight excluding hydrogens is 100 g/mol. The molecule has 2 heteroatoms. The van der Waals surface area contributed by atoms with Crippen LogP contribution in [0.4, 0.5) is 0 Å². The van der Waals surface area contributed by atoms with E-state index in [4.69, 9.17) is 11.5 Å². The molecule has 0 aliphatic carbocycles. The van der Waals surface area contributed by atoms with E-state index >= 15 is 0 Å². The van der Waals surface area contributed by atoms with Crippen molar-refractivity contribution >= 4 is 0 Å². The highest BCUT2D eigenvalue weighted by atomic mass is 14.7. The van der Waals surface area contributed by atoms with Crippen molar-refractivity contribution in [2.45, 2.75) is 19.4 Å². The Balaban J connectivity index is 3.17. The predicted molar refractivity (Wildman–Crippen MR) is 36.2 cm³/mol. The highest BCUT2D eigenvalue weighted by Gasteiger charge is 2.04. The minimum atomic E-state index is 0.181. The maximum Gasteiger partial charge on any atom is 0.00765 e. The van der Waals surface area contributed by atoms with E-state index < -0.39 is 0 Å². The monoisotopic (exact) mass is 115 g/mol. The lowest BCUT2D eigenvalue weighted by molar-refractivity contribution is 0.507. The maximum absolute atomic E-state index is 5.58. The molecule has 2 unspecified atom stereocenters. The topological polar surface area (TPSA) is 52.0 Å². The van der Waals surface area contributed by atoms with E-state index in [9.17, 15) is 0 Å². The second kappa shape index (κ2) is 3.87. The Hall–Kier alpha value is -0.0800. The molecule has 8 heavy (non-hydrogen) atoms. The molecule has 0 aliphatic heterocycles. The Kier molecular flexibility index (Phi) is 3.83. The lowest BCUT2D eigenvalue weighted by atomic mass is 10.0. The quantitative estimate of drug-likeness (QED) is 0.549. The smallest absolute Gasteiger partial charge is 0.00765 e. The molecule has 49 valence electrons. The first-order valence-electron chi connectivity index (χ1n) is 2.97. The van der Waals surface area contributed by atoms with Gasteiger partial charge in [-0.1, -0.05) is 6.92 Å². The third kappa shape index (κ3) is 2.99. The summed E-state index contributed by atoms with van der Waals surface area (Å²) < 4.78 is 0. The fraction of sp³-hybridized carbons (Fsp3) is 0.833. The van der Waals surface area contributed by atoms with Crippen LogP contribution in [0.2, 0.25) is 0 Å². The first-order chi connectivity index (χ1) is 3.68. The van der Waals surface area contributed by atoms with Crippen molar-refractivity contribution in [3.05, 3.63) is 6.92 Å². The molecule has 0 heterocycles. The summed E-state index contributed by atoms with van der Waals surface area (Å²) in [5.41, 5.74) is 10.8. The van der Waals surface area contributed by atoms with E-state index in [-0.39, 0.29) is 6.04 Å². The van der Waals surface area contributed by atoms with Crippen LogP contribution < -0.4 is 11.5 Å². The van der Waals surface area contributed by atoms with Crippen molar-refractivity contribution in [1.82, 2.24) is 0 Å². The lowest BCUT2D eigenvalue weighted by Gasteiger charge is -2.12. The normalized spacial score (nSPS) is 14.6. The number of nitrogens with two attached hydrogens (primary N) is 2. The minimum Gasteiger partial charge on any atom is -0.330 e. The molecule has 0 rings (SSSR count).